The average Bonchev–Trinajstić information content (AvgIpc) is 2.69. The summed E-state index contributed by atoms with van der Waals surface area (Å²) in [5.74, 6) is -0.777. The van der Waals surface area contributed by atoms with Crippen molar-refractivity contribution >= 4 is 17.9 Å². The summed E-state index contributed by atoms with van der Waals surface area (Å²) in [7, 11) is 0. The Bertz CT molecular complexity index is 881. The van der Waals surface area contributed by atoms with Gasteiger partial charge in [-0.25, -0.2) is 4.79 Å². The van der Waals surface area contributed by atoms with Gasteiger partial charge in [-0.1, -0.05) is 45.4 Å². The highest BCUT2D eigenvalue weighted by Gasteiger charge is 2.42. The molecule has 0 aliphatic carbocycles. The molecule has 0 aliphatic rings. The van der Waals surface area contributed by atoms with E-state index in [1.807, 2.05) is 66.7 Å². The van der Waals surface area contributed by atoms with Gasteiger partial charge in [0.25, 0.3) is 0 Å². The van der Waals surface area contributed by atoms with Crippen LogP contribution in [-0.4, -0.2) is 46.5 Å². The number of hydrogen-bond acceptors (Lipinski definition) is 4. The molecule has 3 amide bonds. The summed E-state index contributed by atoms with van der Waals surface area (Å²) in [4.78, 5) is 41.9. The van der Waals surface area contributed by atoms with Crippen LogP contribution in [0.2, 0.25) is 0 Å². The average molecular weight is 490 g/mol. The lowest BCUT2D eigenvalue weighted by Gasteiger charge is -2.43. The molecule has 0 heterocycles. The summed E-state index contributed by atoms with van der Waals surface area (Å²) in [6.07, 6.45) is 1.14. The zero-order valence-electron chi connectivity index (χ0n) is 23.7. The van der Waals surface area contributed by atoms with E-state index < -0.39 is 29.3 Å². The first-order valence-corrected chi connectivity index (χ1v) is 12.7. The molecular weight excluding hydrogens is 442 g/mol. The highest BCUT2D eigenvalue weighted by Crippen LogP contribution is 2.32. The third kappa shape index (κ3) is 9.19. The quantitative estimate of drug-likeness (QED) is 0.452. The summed E-state index contributed by atoms with van der Waals surface area (Å²) in [6.45, 7) is 21.4. The lowest BCUT2D eigenvalue weighted by Crippen LogP contribution is -2.59. The molecule has 0 spiro atoms. The van der Waals surface area contributed by atoms with Crippen molar-refractivity contribution in [2.75, 3.05) is 6.54 Å². The van der Waals surface area contributed by atoms with Gasteiger partial charge in [0.1, 0.15) is 17.7 Å². The highest BCUT2D eigenvalue weighted by molar-refractivity contribution is 5.92. The Hall–Kier alpha value is -2.57. The highest BCUT2D eigenvalue weighted by atomic mass is 16.6. The molecule has 1 aromatic rings. The van der Waals surface area contributed by atoms with Gasteiger partial charge in [0.05, 0.1) is 0 Å². The molecule has 0 bridgehead atoms. The number of carbonyl (C=O) groups excluding carboxylic acids is 3. The van der Waals surface area contributed by atoms with Crippen LogP contribution in [0.4, 0.5) is 4.79 Å². The van der Waals surface area contributed by atoms with Crippen molar-refractivity contribution in [3.8, 4) is 0 Å². The second kappa shape index (κ2) is 12.4. The molecule has 2 atom stereocenters. The van der Waals surface area contributed by atoms with E-state index in [0.717, 1.165) is 29.5 Å². The van der Waals surface area contributed by atoms with Gasteiger partial charge in [-0.15, -0.1) is 0 Å². The smallest absolute Gasteiger partial charge is 0.408 e. The van der Waals surface area contributed by atoms with Crippen molar-refractivity contribution in [1.82, 2.24) is 15.5 Å². The fourth-order valence-corrected chi connectivity index (χ4v) is 3.78. The number of benzene rings is 1. The zero-order chi connectivity index (χ0) is 27.1. The third-order valence-corrected chi connectivity index (χ3v) is 5.75. The number of nitrogens with one attached hydrogen (secondary N) is 2. The molecule has 2 unspecified atom stereocenters. The summed E-state index contributed by atoms with van der Waals surface area (Å²) < 4.78 is 5.42. The molecule has 0 aromatic heterocycles. The topological polar surface area (TPSA) is 87.7 Å². The lowest BCUT2D eigenvalue weighted by molar-refractivity contribution is -0.149. The number of amides is 3. The van der Waals surface area contributed by atoms with Crippen molar-refractivity contribution in [3.05, 3.63) is 34.9 Å². The first kappa shape index (κ1) is 30.5. The second-order valence-electron chi connectivity index (χ2n) is 11.6. The van der Waals surface area contributed by atoms with Gasteiger partial charge in [-0.3, -0.25) is 9.59 Å². The number of rotatable bonds is 9. The van der Waals surface area contributed by atoms with Gasteiger partial charge in [0.15, 0.2) is 0 Å². The minimum atomic E-state index is -0.860. The maximum absolute atomic E-state index is 14.1. The molecule has 0 fully saturated rings. The van der Waals surface area contributed by atoms with Crippen molar-refractivity contribution in [2.24, 2.45) is 5.92 Å². The predicted molar refractivity (Wildman–Crippen MR) is 141 cm³/mol. The lowest BCUT2D eigenvalue weighted by atomic mass is 9.92. The summed E-state index contributed by atoms with van der Waals surface area (Å²) in [5, 5.41) is 5.78. The standard InChI is InChI=1S/C28H47N3O4/c1-12-13-16-29-24(32)23(21-15-14-19(4)20(5)17-21)31(27(6,7)8)25(33)22(18(2)3)30-26(34)35-28(9,10)11/h14-15,17-18,22-23H,12-13,16H2,1-11H3,(H,29,32)(H,30,34). The molecule has 2 N–H and O–H groups in total. The number of alkyl carbamates (subject to hydrolysis) is 1. The van der Waals surface area contributed by atoms with E-state index >= 15 is 0 Å². The van der Waals surface area contributed by atoms with Gasteiger partial charge in [0.2, 0.25) is 11.8 Å². The Morgan fingerprint density at radius 3 is 2.06 bits per heavy atom. The number of hydrogen-bond donors (Lipinski definition) is 2. The summed E-state index contributed by atoms with van der Waals surface area (Å²) in [6, 6.07) is 4.14. The van der Waals surface area contributed by atoms with Gasteiger partial charge in [-0.2, -0.15) is 0 Å². The van der Waals surface area contributed by atoms with Crippen LogP contribution < -0.4 is 10.6 Å². The van der Waals surface area contributed by atoms with Crippen LogP contribution in [0.25, 0.3) is 0 Å². The maximum Gasteiger partial charge on any atom is 0.408 e. The SMILES string of the molecule is CCCCNC(=O)C(c1ccc(C)c(C)c1)N(C(=O)C(NC(=O)OC(C)(C)C)C(C)C)C(C)(C)C. The summed E-state index contributed by atoms with van der Waals surface area (Å²) in [5.41, 5.74) is 1.50. The Morgan fingerprint density at radius 2 is 1.60 bits per heavy atom. The summed E-state index contributed by atoms with van der Waals surface area (Å²) >= 11 is 0. The monoisotopic (exact) mass is 489 g/mol. The Morgan fingerprint density at radius 1 is 1.00 bits per heavy atom. The molecule has 0 aliphatic heterocycles. The molecule has 0 radical (unpaired) electrons. The normalized spacial score (nSPS) is 13.7. The predicted octanol–water partition coefficient (Wildman–Crippen LogP) is 5.44. The molecule has 1 aromatic carbocycles. The van der Waals surface area contributed by atoms with Crippen molar-refractivity contribution < 1.29 is 19.1 Å². The number of aryl methyl sites for hydroxylation is 2. The molecular formula is C28H47N3O4. The van der Waals surface area contributed by atoms with Crippen LogP contribution in [0, 0.1) is 19.8 Å². The first-order chi connectivity index (χ1) is 16.0. The van der Waals surface area contributed by atoms with Crippen LogP contribution in [0.1, 0.15) is 97.9 Å². The van der Waals surface area contributed by atoms with E-state index in [-0.39, 0.29) is 17.7 Å². The van der Waals surface area contributed by atoms with Crippen LogP contribution in [0.5, 0.6) is 0 Å². The molecule has 7 nitrogen and oxygen atoms in total. The Kier molecular flexibility index (Phi) is 10.8. The Balaban J connectivity index is 3.54. The van der Waals surface area contributed by atoms with E-state index in [0.29, 0.717) is 6.54 Å². The molecule has 35 heavy (non-hydrogen) atoms. The van der Waals surface area contributed by atoms with Crippen molar-refractivity contribution in [3.63, 3.8) is 0 Å². The van der Waals surface area contributed by atoms with Gasteiger partial charge in [-0.05, 0) is 84.4 Å². The first-order valence-electron chi connectivity index (χ1n) is 12.7. The van der Waals surface area contributed by atoms with E-state index in [9.17, 15) is 14.4 Å². The van der Waals surface area contributed by atoms with E-state index in [2.05, 4.69) is 17.6 Å². The second-order valence-corrected chi connectivity index (χ2v) is 11.6. The van der Waals surface area contributed by atoms with Crippen molar-refractivity contribution in [1.29, 1.82) is 0 Å². The van der Waals surface area contributed by atoms with Crippen LogP contribution in [0.15, 0.2) is 18.2 Å². The molecule has 0 saturated heterocycles. The largest absolute Gasteiger partial charge is 0.444 e. The van der Waals surface area contributed by atoms with E-state index in [1.54, 1.807) is 25.7 Å². The third-order valence-electron chi connectivity index (χ3n) is 5.75. The zero-order valence-corrected chi connectivity index (χ0v) is 23.7. The van der Waals surface area contributed by atoms with Gasteiger partial charge < -0.3 is 20.3 Å². The molecule has 198 valence electrons. The van der Waals surface area contributed by atoms with Gasteiger partial charge in [0, 0.05) is 12.1 Å². The number of carbonyl (C=O) groups is 3. The van der Waals surface area contributed by atoms with Crippen LogP contribution in [-0.2, 0) is 14.3 Å². The minimum Gasteiger partial charge on any atom is -0.444 e. The number of unbranched alkanes of at least 4 members (excludes halogenated alkanes) is 1. The maximum atomic E-state index is 14.1. The Labute approximate surface area is 212 Å². The molecule has 0 saturated carbocycles. The molecule has 7 heteroatoms. The molecule has 1 rings (SSSR count). The number of nitrogens with zero attached hydrogens (tertiary/aromatic N) is 1. The number of ether oxygens (including phenoxy) is 1. The van der Waals surface area contributed by atoms with E-state index in [4.69, 9.17) is 4.74 Å². The minimum absolute atomic E-state index is 0.219. The van der Waals surface area contributed by atoms with Crippen LogP contribution in [0.3, 0.4) is 0 Å². The van der Waals surface area contributed by atoms with Crippen molar-refractivity contribution in [2.45, 2.75) is 112 Å². The fourth-order valence-electron chi connectivity index (χ4n) is 3.78. The van der Waals surface area contributed by atoms with Gasteiger partial charge >= 0.3 is 6.09 Å². The van der Waals surface area contributed by atoms with Crippen LogP contribution >= 0.6 is 0 Å². The van der Waals surface area contributed by atoms with E-state index in [1.165, 1.54) is 0 Å². The fraction of sp³-hybridized carbons (Fsp3) is 0.679.